The Morgan fingerprint density at radius 2 is 1.96 bits per heavy atom. The molecule has 272 valence electrons. The van der Waals surface area contributed by atoms with Crippen LogP contribution < -0.4 is 0 Å². The molecule has 0 amide bonds. The number of aromatic nitrogens is 7. The fourth-order valence-electron chi connectivity index (χ4n) is 5.71. The van der Waals surface area contributed by atoms with E-state index in [2.05, 4.69) is 42.0 Å². The number of hydrogen-bond donors (Lipinski definition) is 2. The molecule has 2 unspecified atom stereocenters. The van der Waals surface area contributed by atoms with Crippen LogP contribution in [0.15, 0.2) is 83.4 Å². The van der Waals surface area contributed by atoms with E-state index in [1.165, 1.54) is 30.5 Å². The van der Waals surface area contributed by atoms with Crippen molar-refractivity contribution in [2.75, 3.05) is 20.5 Å². The molecule has 1 saturated carbocycles. The van der Waals surface area contributed by atoms with Crippen LogP contribution in [0.3, 0.4) is 0 Å². The average Bonchev–Trinajstić information content (AvgIpc) is 3.56. The van der Waals surface area contributed by atoms with Gasteiger partial charge in [-0.3, -0.25) is 0 Å². The summed E-state index contributed by atoms with van der Waals surface area (Å²) in [4.78, 5) is 34.4. The lowest BCUT2D eigenvalue weighted by Crippen LogP contribution is -2.49. The zero-order valence-electron chi connectivity index (χ0n) is 28.1. The summed E-state index contributed by atoms with van der Waals surface area (Å²) in [5.74, 6) is 1.86. The molecular formula is C33H35Cl2N11O4S2. The Morgan fingerprint density at radius 1 is 1.17 bits per heavy atom. The molecule has 5 heterocycles. The number of halogens is 2. The fraction of sp³-hybridized carbons (Fsp3) is 0.333. The van der Waals surface area contributed by atoms with Gasteiger partial charge in [-0.2, -0.15) is 5.10 Å². The first-order valence-electron chi connectivity index (χ1n) is 16.1. The number of hydrogen-bond acceptors (Lipinski definition) is 11. The smallest absolute Gasteiger partial charge is 0.277 e. The first-order valence-corrected chi connectivity index (χ1v) is 18.6. The highest BCUT2D eigenvalue weighted by atomic mass is 35.5. The van der Waals surface area contributed by atoms with Crippen molar-refractivity contribution in [1.82, 2.24) is 44.5 Å². The molecule has 0 bridgehead atoms. The van der Waals surface area contributed by atoms with E-state index >= 15 is 0 Å². The van der Waals surface area contributed by atoms with Crippen LogP contribution in [0.1, 0.15) is 30.2 Å². The van der Waals surface area contributed by atoms with Gasteiger partial charge in [-0.25, -0.2) is 34.7 Å². The van der Waals surface area contributed by atoms with Crippen molar-refractivity contribution in [2.45, 2.75) is 38.5 Å². The maximum atomic E-state index is 11.3. The van der Waals surface area contributed by atoms with Gasteiger partial charge in [0.25, 0.3) is 5.96 Å². The van der Waals surface area contributed by atoms with Crippen LogP contribution in [0.5, 0.6) is 0 Å². The molecule has 1 aliphatic carbocycles. The van der Waals surface area contributed by atoms with E-state index in [0.29, 0.717) is 28.5 Å². The summed E-state index contributed by atoms with van der Waals surface area (Å²) in [5, 5.41) is 31.2. The van der Waals surface area contributed by atoms with Gasteiger partial charge in [-0.1, -0.05) is 54.4 Å². The second-order valence-electron chi connectivity index (χ2n) is 12.2. The van der Waals surface area contributed by atoms with Gasteiger partial charge >= 0.3 is 0 Å². The van der Waals surface area contributed by atoms with Crippen molar-refractivity contribution in [3.05, 3.63) is 108 Å². The third kappa shape index (κ3) is 9.47. The van der Waals surface area contributed by atoms with Gasteiger partial charge in [0.15, 0.2) is 15.3 Å². The van der Waals surface area contributed by atoms with Crippen molar-refractivity contribution in [1.29, 1.82) is 0 Å². The zero-order valence-corrected chi connectivity index (χ0v) is 31.3. The van der Waals surface area contributed by atoms with Crippen LogP contribution in [0.4, 0.5) is 0 Å². The van der Waals surface area contributed by atoms with Gasteiger partial charge in [0.1, 0.15) is 42.5 Å². The molecule has 2 aromatic carbocycles. The number of aromatic amines is 1. The average molecular weight is 785 g/mol. The quantitative estimate of drug-likeness (QED) is 0.120. The molecule has 1 aliphatic heterocycles. The molecule has 2 fully saturated rings. The van der Waals surface area contributed by atoms with Crippen molar-refractivity contribution in [3.8, 4) is 11.5 Å². The fourth-order valence-corrected chi connectivity index (χ4v) is 7.36. The molecule has 19 heteroatoms. The normalized spacial score (nSPS) is 16.8. The van der Waals surface area contributed by atoms with Crippen LogP contribution in [0, 0.1) is 22.0 Å². The van der Waals surface area contributed by atoms with Gasteiger partial charge in [0.2, 0.25) is 0 Å². The van der Waals surface area contributed by atoms with Gasteiger partial charge in [0, 0.05) is 28.5 Å². The minimum Gasteiger partial charge on any atom is -0.383 e. The molecule has 6 aromatic rings. The van der Waals surface area contributed by atoms with E-state index in [1.54, 1.807) is 45.4 Å². The molecule has 2 aliphatic rings. The topological polar surface area (TPSA) is 177 Å². The van der Waals surface area contributed by atoms with Gasteiger partial charge in [-0.15, -0.1) is 22.7 Å². The van der Waals surface area contributed by atoms with Gasteiger partial charge in [-0.05, 0) is 54.5 Å². The lowest BCUT2D eigenvalue weighted by molar-refractivity contribution is -0.486. The van der Waals surface area contributed by atoms with E-state index < -0.39 is 10.6 Å². The highest BCUT2D eigenvalue weighted by molar-refractivity contribution is 7.15. The highest BCUT2D eigenvalue weighted by Crippen LogP contribution is 2.46. The van der Waals surface area contributed by atoms with E-state index in [9.17, 15) is 15.2 Å². The molecule has 52 heavy (non-hydrogen) atoms. The van der Waals surface area contributed by atoms with Crippen LogP contribution in [0.25, 0.3) is 22.6 Å². The number of hydrazone groups is 1. The monoisotopic (exact) mass is 783 g/mol. The summed E-state index contributed by atoms with van der Waals surface area (Å²) in [6.07, 6.45) is 7.14. The summed E-state index contributed by atoms with van der Waals surface area (Å²) < 4.78 is 7.41. The Labute approximate surface area is 316 Å². The molecule has 15 nitrogen and oxygen atoms in total. The van der Waals surface area contributed by atoms with E-state index in [1.807, 2.05) is 59.4 Å². The number of nitro groups is 1. The largest absolute Gasteiger partial charge is 0.383 e. The number of thiazole rings is 2. The number of aliphatic hydroxyl groups is 1. The molecule has 0 spiro atoms. The molecule has 4 aromatic heterocycles. The number of rotatable bonds is 9. The Balaban J connectivity index is 0.000000136. The maximum absolute atomic E-state index is 11.3. The van der Waals surface area contributed by atoms with Crippen LogP contribution in [-0.2, 0) is 23.4 Å². The highest BCUT2D eigenvalue weighted by Gasteiger charge is 2.44. The Bertz CT molecular complexity index is 2040. The lowest BCUT2D eigenvalue weighted by Gasteiger charge is -2.35. The summed E-state index contributed by atoms with van der Waals surface area (Å²) in [6.45, 7) is 3.45. The number of para-hydroxylation sites is 2. The molecular weight excluding hydrogens is 749 g/mol. The maximum Gasteiger partial charge on any atom is 0.277 e. The third-order valence-corrected chi connectivity index (χ3v) is 10.5. The minimum absolute atomic E-state index is 0.174. The van der Waals surface area contributed by atoms with E-state index in [-0.39, 0.29) is 25.3 Å². The zero-order chi connectivity index (χ0) is 36.7. The first-order chi connectivity index (χ1) is 25.1. The van der Waals surface area contributed by atoms with Crippen LogP contribution >= 0.6 is 45.9 Å². The van der Waals surface area contributed by atoms with Crippen molar-refractivity contribution >= 4 is 62.9 Å². The SMILES string of the molecule is CC(C1CC1)C(O)(Cn1cncn1)c1ccc(Cl)cc1.CN1COCN(Cc2cnc(Cl)s2)/C1=N\[N+](=O)[O-].c1ccc2[nH]c(-c3cscn3)nc2c1. The number of ether oxygens (including phenoxy) is 1. The molecule has 2 atom stereocenters. The second kappa shape index (κ2) is 16.9. The lowest BCUT2D eigenvalue weighted by atomic mass is 9.79. The first kappa shape index (κ1) is 37.2. The second-order valence-corrected chi connectivity index (χ2v) is 15.1. The third-order valence-electron chi connectivity index (χ3n) is 8.56. The number of benzene rings is 2. The Kier molecular flexibility index (Phi) is 12.1. The molecule has 2 N–H and O–H groups in total. The van der Waals surface area contributed by atoms with E-state index in [4.69, 9.17) is 27.9 Å². The van der Waals surface area contributed by atoms with Crippen LogP contribution in [-0.4, -0.2) is 81.1 Å². The number of nitrogens with zero attached hydrogens (tertiary/aromatic N) is 10. The summed E-state index contributed by atoms with van der Waals surface area (Å²) >= 11 is 14.6. The van der Waals surface area contributed by atoms with Gasteiger partial charge in [0.05, 0.1) is 29.6 Å². The minimum atomic E-state index is -0.945. The van der Waals surface area contributed by atoms with Gasteiger partial charge < -0.3 is 24.6 Å². The number of fused-ring (bicyclic) bond motifs is 1. The van der Waals surface area contributed by atoms with Crippen molar-refractivity contribution in [3.63, 3.8) is 0 Å². The standard InChI is InChI=1S/C15H18ClN3O.C10H7N3S.C8H10ClN5O3S/c1-11(12-2-3-12)15(20,8-19-10-17-9-18-19)13-4-6-14(16)7-5-13;1-2-4-8-7(3-1)12-10(13-8)9-5-14-6-11-9;1-12-4-17-5-13(8(12)11-14(15)16)3-6-2-10-7(9)18-6/h4-7,9-12,20H,2-3,8H2,1H3;1-6H,(H,12,13);2H,3-5H2,1H3/b;;11-8-. The molecule has 0 radical (unpaired) electrons. The summed E-state index contributed by atoms with van der Waals surface area (Å²) in [7, 11) is 1.67. The number of nitrogens with one attached hydrogen (secondary N) is 1. The van der Waals surface area contributed by atoms with Crippen molar-refractivity contribution < 1.29 is 14.9 Å². The predicted octanol–water partition coefficient (Wildman–Crippen LogP) is 6.58. The molecule has 8 rings (SSSR count). The Morgan fingerprint density at radius 3 is 2.60 bits per heavy atom. The number of H-pyrrole nitrogens is 1. The number of imidazole rings is 1. The summed E-state index contributed by atoms with van der Waals surface area (Å²) in [5.41, 5.74) is 4.69. The predicted molar refractivity (Wildman–Crippen MR) is 200 cm³/mol. The summed E-state index contributed by atoms with van der Waals surface area (Å²) in [6, 6.07) is 15.4. The van der Waals surface area contributed by atoms with E-state index in [0.717, 1.165) is 33.0 Å². The van der Waals surface area contributed by atoms with Crippen LogP contribution in [0.2, 0.25) is 9.49 Å². The Hall–Kier alpha value is -4.52. The number of guanidine groups is 1. The van der Waals surface area contributed by atoms with Crippen molar-refractivity contribution in [2.24, 2.45) is 16.9 Å². The molecule has 1 saturated heterocycles.